The van der Waals surface area contributed by atoms with Gasteiger partial charge in [0.2, 0.25) is 11.8 Å². The topological polar surface area (TPSA) is 84.0 Å². The van der Waals surface area contributed by atoms with Gasteiger partial charge in [0.15, 0.2) is 5.13 Å². The minimum atomic E-state index is -0.322. The third-order valence-electron chi connectivity index (χ3n) is 5.05. The number of carbonyl (C=O) groups is 2. The molecule has 1 aliphatic rings. The van der Waals surface area contributed by atoms with Crippen molar-refractivity contribution in [3.8, 4) is 11.1 Å². The molecule has 0 spiro atoms. The van der Waals surface area contributed by atoms with Crippen molar-refractivity contribution in [1.29, 1.82) is 0 Å². The Balaban J connectivity index is 1.45. The van der Waals surface area contributed by atoms with Crippen LogP contribution in [0.5, 0.6) is 0 Å². The van der Waals surface area contributed by atoms with Gasteiger partial charge in [-0.3, -0.25) is 9.59 Å². The van der Waals surface area contributed by atoms with Crippen molar-refractivity contribution in [1.82, 2.24) is 9.97 Å². The Morgan fingerprint density at radius 2 is 1.97 bits per heavy atom. The molecule has 2 aromatic heterocycles. The predicted octanol–water partition coefficient (Wildman–Crippen LogP) is 4.95. The number of aromatic nitrogens is 2. The lowest BCUT2D eigenvalue weighted by atomic mass is 9.96. The van der Waals surface area contributed by atoms with Crippen LogP contribution in [0.1, 0.15) is 42.0 Å². The van der Waals surface area contributed by atoms with Gasteiger partial charge in [-0.25, -0.2) is 9.97 Å². The van der Waals surface area contributed by atoms with Crippen molar-refractivity contribution in [2.45, 2.75) is 31.6 Å². The minimum Gasteiger partial charge on any atom is -0.307 e. The van der Waals surface area contributed by atoms with Gasteiger partial charge in [-0.05, 0) is 55.0 Å². The SMILES string of the molecule is C=CC(=O)Nc1ccc(-c2cccc([C@@H](C)C(=O)Nc3ncc(C4CC4)s3)c2)cn1. The van der Waals surface area contributed by atoms with E-state index < -0.39 is 0 Å². The first kappa shape index (κ1) is 20.0. The van der Waals surface area contributed by atoms with Crippen LogP contribution < -0.4 is 10.6 Å². The molecule has 1 aliphatic carbocycles. The summed E-state index contributed by atoms with van der Waals surface area (Å²) >= 11 is 1.56. The Bertz CT molecular complexity index is 1090. The zero-order valence-corrected chi connectivity index (χ0v) is 17.4. The molecule has 30 heavy (non-hydrogen) atoms. The summed E-state index contributed by atoms with van der Waals surface area (Å²) in [6, 6.07) is 11.4. The molecule has 1 saturated carbocycles. The van der Waals surface area contributed by atoms with Crippen LogP contribution in [0.15, 0.2) is 61.4 Å². The molecule has 0 saturated heterocycles. The molecule has 6 nitrogen and oxygen atoms in total. The molecular weight excluding hydrogens is 396 g/mol. The number of nitrogens with zero attached hydrogens (tertiary/aromatic N) is 2. The van der Waals surface area contributed by atoms with Gasteiger partial charge in [0, 0.05) is 22.8 Å². The number of amides is 2. The number of pyridine rings is 1. The van der Waals surface area contributed by atoms with Crippen molar-refractivity contribution in [3.63, 3.8) is 0 Å². The van der Waals surface area contributed by atoms with Gasteiger partial charge < -0.3 is 10.6 Å². The Hall–Kier alpha value is -3.32. The molecule has 4 rings (SSSR count). The number of carbonyl (C=O) groups excluding carboxylic acids is 2. The van der Waals surface area contributed by atoms with Gasteiger partial charge in [0.05, 0.1) is 5.92 Å². The Kier molecular flexibility index (Phi) is 5.72. The van der Waals surface area contributed by atoms with Gasteiger partial charge >= 0.3 is 0 Å². The number of nitrogens with one attached hydrogen (secondary N) is 2. The van der Waals surface area contributed by atoms with Crippen LogP contribution in [0.2, 0.25) is 0 Å². The highest BCUT2D eigenvalue weighted by Gasteiger charge is 2.26. The van der Waals surface area contributed by atoms with Gasteiger partial charge in [-0.2, -0.15) is 0 Å². The smallest absolute Gasteiger partial charge is 0.248 e. The molecule has 2 amide bonds. The summed E-state index contributed by atoms with van der Waals surface area (Å²) in [5, 5.41) is 6.22. The van der Waals surface area contributed by atoms with E-state index in [4.69, 9.17) is 0 Å². The Morgan fingerprint density at radius 1 is 1.13 bits per heavy atom. The van der Waals surface area contributed by atoms with Gasteiger partial charge in [-0.15, -0.1) is 11.3 Å². The first-order valence-corrected chi connectivity index (χ1v) is 10.6. The van der Waals surface area contributed by atoms with Gasteiger partial charge in [-0.1, -0.05) is 30.8 Å². The second kappa shape index (κ2) is 8.59. The summed E-state index contributed by atoms with van der Waals surface area (Å²) in [6.45, 7) is 5.31. The molecule has 3 aromatic rings. The molecule has 1 atom stereocenters. The van der Waals surface area contributed by atoms with Crippen LogP contribution in [0.25, 0.3) is 11.1 Å². The third-order valence-corrected chi connectivity index (χ3v) is 6.12. The largest absolute Gasteiger partial charge is 0.307 e. The molecular formula is C23H22N4O2S. The standard InChI is InChI=1S/C23H22N4O2S/c1-3-21(28)26-20-10-9-18(12-24-20)17-6-4-5-16(11-17)14(2)22(29)27-23-25-13-19(30-23)15-7-8-15/h3-6,9-15H,1,7-8H2,2H3,(H,24,26,28)(H,25,27,29)/t14-/m1/s1. The number of anilines is 2. The van der Waals surface area contributed by atoms with E-state index in [0.717, 1.165) is 16.7 Å². The van der Waals surface area contributed by atoms with Crippen LogP contribution in [-0.2, 0) is 9.59 Å². The normalized spacial score (nSPS) is 14.0. The summed E-state index contributed by atoms with van der Waals surface area (Å²) in [5.74, 6) is 0.386. The summed E-state index contributed by atoms with van der Waals surface area (Å²) in [4.78, 5) is 34.0. The van der Waals surface area contributed by atoms with Gasteiger partial charge in [0.1, 0.15) is 5.82 Å². The highest BCUT2D eigenvalue weighted by molar-refractivity contribution is 7.15. The molecule has 2 N–H and O–H groups in total. The third kappa shape index (κ3) is 4.63. The van der Waals surface area contributed by atoms with E-state index in [1.807, 2.05) is 43.5 Å². The summed E-state index contributed by atoms with van der Waals surface area (Å²) in [6.07, 6.45) is 7.20. The lowest BCUT2D eigenvalue weighted by Gasteiger charge is -2.13. The zero-order valence-electron chi connectivity index (χ0n) is 16.6. The number of hydrogen-bond donors (Lipinski definition) is 2. The Morgan fingerprint density at radius 3 is 2.67 bits per heavy atom. The fourth-order valence-electron chi connectivity index (χ4n) is 3.07. The fourth-order valence-corrected chi connectivity index (χ4v) is 4.06. The van der Waals surface area contributed by atoms with Crippen LogP contribution in [0.4, 0.5) is 10.9 Å². The van der Waals surface area contributed by atoms with Crippen molar-refractivity contribution in [2.75, 3.05) is 10.6 Å². The maximum absolute atomic E-state index is 12.7. The molecule has 0 unspecified atom stereocenters. The highest BCUT2D eigenvalue weighted by Crippen LogP contribution is 2.43. The molecule has 7 heteroatoms. The fraction of sp³-hybridized carbons (Fsp3) is 0.217. The van der Waals surface area contributed by atoms with Gasteiger partial charge in [0.25, 0.3) is 0 Å². The maximum Gasteiger partial charge on any atom is 0.248 e. The van der Waals surface area contributed by atoms with Crippen LogP contribution >= 0.6 is 11.3 Å². The monoisotopic (exact) mass is 418 g/mol. The number of rotatable bonds is 7. The van der Waals surface area contributed by atoms with Crippen LogP contribution in [-0.4, -0.2) is 21.8 Å². The zero-order chi connectivity index (χ0) is 21.1. The van der Waals surface area contributed by atoms with Crippen LogP contribution in [0.3, 0.4) is 0 Å². The van der Waals surface area contributed by atoms with E-state index in [9.17, 15) is 9.59 Å². The second-order valence-electron chi connectivity index (χ2n) is 7.30. The summed E-state index contributed by atoms with van der Waals surface area (Å²) < 4.78 is 0. The van der Waals surface area contributed by atoms with E-state index in [2.05, 4.69) is 27.2 Å². The molecule has 2 heterocycles. The molecule has 0 aliphatic heterocycles. The predicted molar refractivity (Wildman–Crippen MR) is 120 cm³/mol. The number of benzene rings is 1. The van der Waals surface area contributed by atoms with E-state index in [0.29, 0.717) is 16.9 Å². The first-order chi connectivity index (χ1) is 14.5. The number of thiazole rings is 1. The van der Waals surface area contributed by atoms with E-state index in [-0.39, 0.29) is 17.7 Å². The minimum absolute atomic E-state index is 0.0792. The van der Waals surface area contributed by atoms with Crippen molar-refractivity contribution < 1.29 is 9.59 Å². The summed E-state index contributed by atoms with van der Waals surface area (Å²) in [7, 11) is 0. The average Bonchev–Trinajstić information content (AvgIpc) is 3.52. The molecule has 152 valence electrons. The molecule has 1 aromatic carbocycles. The maximum atomic E-state index is 12.7. The highest BCUT2D eigenvalue weighted by atomic mass is 32.1. The Labute approximate surface area is 179 Å². The molecule has 1 fully saturated rings. The second-order valence-corrected chi connectivity index (χ2v) is 8.37. The van der Waals surface area contributed by atoms with E-state index in [1.54, 1.807) is 23.6 Å². The lowest BCUT2D eigenvalue weighted by molar-refractivity contribution is -0.117. The van der Waals surface area contributed by atoms with E-state index >= 15 is 0 Å². The van der Waals surface area contributed by atoms with Crippen molar-refractivity contribution in [3.05, 3.63) is 71.9 Å². The van der Waals surface area contributed by atoms with E-state index in [1.165, 1.54) is 23.8 Å². The quantitative estimate of drug-likeness (QED) is 0.532. The van der Waals surface area contributed by atoms with Crippen molar-refractivity contribution in [2.24, 2.45) is 0 Å². The first-order valence-electron chi connectivity index (χ1n) is 9.80. The average molecular weight is 419 g/mol. The number of hydrogen-bond acceptors (Lipinski definition) is 5. The van der Waals surface area contributed by atoms with Crippen molar-refractivity contribution >= 4 is 34.1 Å². The van der Waals surface area contributed by atoms with Crippen LogP contribution in [0, 0.1) is 0 Å². The lowest BCUT2D eigenvalue weighted by Crippen LogP contribution is -2.18. The summed E-state index contributed by atoms with van der Waals surface area (Å²) in [5.41, 5.74) is 2.76. The molecule has 0 bridgehead atoms. The molecule has 0 radical (unpaired) electrons.